The van der Waals surface area contributed by atoms with E-state index in [2.05, 4.69) is 27.9 Å². The third-order valence-corrected chi connectivity index (χ3v) is 3.72. The molecule has 0 radical (unpaired) electrons. The molecule has 5 heteroatoms. The minimum atomic E-state index is -0.979. The summed E-state index contributed by atoms with van der Waals surface area (Å²) >= 11 is 3.23. The Morgan fingerprint density at radius 2 is 2.28 bits per heavy atom. The fourth-order valence-corrected chi connectivity index (χ4v) is 2.35. The summed E-state index contributed by atoms with van der Waals surface area (Å²) in [4.78, 5) is 13.4. The molecule has 4 nitrogen and oxygen atoms in total. The Bertz CT molecular complexity index is 446. The molecule has 0 saturated heterocycles. The van der Waals surface area contributed by atoms with Crippen LogP contribution in [0.1, 0.15) is 23.2 Å². The van der Waals surface area contributed by atoms with Crippen LogP contribution in [0.4, 0.5) is 0 Å². The summed E-state index contributed by atoms with van der Waals surface area (Å²) in [6.07, 6.45) is 2.52. The second-order valence-electron chi connectivity index (χ2n) is 4.48. The molecule has 0 amide bonds. The summed E-state index contributed by atoms with van der Waals surface area (Å²) in [6.45, 7) is 1.32. The maximum absolute atomic E-state index is 11.1. The largest absolute Gasteiger partial charge is 0.491 e. The Balaban J connectivity index is 1.95. The maximum Gasteiger partial charge on any atom is 0.340 e. The van der Waals surface area contributed by atoms with Crippen LogP contribution in [0.15, 0.2) is 22.7 Å². The second kappa shape index (κ2) is 5.71. The summed E-state index contributed by atoms with van der Waals surface area (Å²) in [5.74, 6) is -0.561. The molecule has 0 atom stereocenters. The van der Waals surface area contributed by atoms with Gasteiger partial charge in [0.25, 0.3) is 0 Å². The predicted octanol–water partition coefficient (Wildman–Crippen LogP) is 2.62. The van der Waals surface area contributed by atoms with Crippen LogP contribution in [0, 0.1) is 0 Å². The normalized spacial score (nSPS) is 14.8. The summed E-state index contributed by atoms with van der Waals surface area (Å²) in [5, 5.41) is 9.13. The van der Waals surface area contributed by atoms with E-state index in [0.717, 1.165) is 6.54 Å². The van der Waals surface area contributed by atoms with E-state index in [0.29, 0.717) is 22.9 Å². The van der Waals surface area contributed by atoms with Crippen LogP contribution in [-0.2, 0) is 0 Å². The first-order valence-corrected chi connectivity index (χ1v) is 6.73. The predicted molar refractivity (Wildman–Crippen MR) is 72.2 cm³/mol. The minimum Gasteiger partial charge on any atom is -0.491 e. The smallest absolute Gasteiger partial charge is 0.340 e. The molecule has 98 valence electrons. The lowest BCUT2D eigenvalue weighted by Gasteiger charge is -2.16. The van der Waals surface area contributed by atoms with E-state index in [1.54, 1.807) is 18.2 Å². The highest BCUT2D eigenvalue weighted by Crippen LogP contribution is 2.27. The van der Waals surface area contributed by atoms with Crippen molar-refractivity contribution in [3.63, 3.8) is 0 Å². The van der Waals surface area contributed by atoms with Crippen LogP contribution in [-0.4, -0.2) is 42.2 Å². The standard InChI is InChI=1S/C13H16BrNO3/c1-15(9-5-6-9)7-8-18-11-4-2-3-10(14)12(11)13(16)17/h2-4,9H,5-8H2,1H3,(H,16,17). The molecule has 1 fully saturated rings. The van der Waals surface area contributed by atoms with Crippen LogP contribution in [0.2, 0.25) is 0 Å². The molecule has 1 aromatic rings. The number of carboxylic acids is 1. The lowest BCUT2D eigenvalue weighted by molar-refractivity contribution is 0.0690. The summed E-state index contributed by atoms with van der Waals surface area (Å²) < 4.78 is 6.12. The molecule has 0 aliphatic heterocycles. The van der Waals surface area contributed by atoms with E-state index in [-0.39, 0.29) is 5.56 Å². The topological polar surface area (TPSA) is 49.8 Å². The molecule has 18 heavy (non-hydrogen) atoms. The molecule has 0 unspecified atom stereocenters. The molecule has 0 aromatic heterocycles. The number of benzene rings is 1. The van der Waals surface area contributed by atoms with Gasteiger partial charge in [-0.3, -0.25) is 0 Å². The fraction of sp³-hybridized carbons (Fsp3) is 0.462. The molecule has 0 spiro atoms. The van der Waals surface area contributed by atoms with Crippen molar-refractivity contribution in [2.45, 2.75) is 18.9 Å². The number of hydrogen-bond donors (Lipinski definition) is 1. The molecule has 1 aliphatic rings. The van der Waals surface area contributed by atoms with Crippen molar-refractivity contribution >= 4 is 21.9 Å². The van der Waals surface area contributed by atoms with Crippen LogP contribution in [0.25, 0.3) is 0 Å². The van der Waals surface area contributed by atoms with Crippen LogP contribution in [0.3, 0.4) is 0 Å². The average Bonchev–Trinajstić information content (AvgIpc) is 3.12. The molecule has 1 saturated carbocycles. The minimum absolute atomic E-state index is 0.187. The van der Waals surface area contributed by atoms with Gasteiger partial charge in [-0.15, -0.1) is 0 Å². The number of ether oxygens (including phenoxy) is 1. The van der Waals surface area contributed by atoms with Crippen molar-refractivity contribution in [3.8, 4) is 5.75 Å². The van der Waals surface area contributed by atoms with Gasteiger partial charge < -0.3 is 14.7 Å². The van der Waals surface area contributed by atoms with E-state index in [1.807, 2.05) is 0 Å². The summed E-state index contributed by atoms with van der Waals surface area (Å²) in [6, 6.07) is 5.85. The molecule has 1 N–H and O–H groups in total. The third kappa shape index (κ3) is 3.23. The lowest BCUT2D eigenvalue weighted by Crippen LogP contribution is -2.26. The van der Waals surface area contributed by atoms with Gasteiger partial charge in [0.15, 0.2) is 0 Å². The van der Waals surface area contributed by atoms with E-state index in [9.17, 15) is 4.79 Å². The molecule has 0 bridgehead atoms. The van der Waals surface area contributed by atoms with E-state index in [1.165, 1.54) is 12.8 Å². The van der Waals surface area contributed by atoms with E-state index < -0.39 is 5.97 Å². The molecule has 1 aliphatic carbocycles. The number of aromatic carboxylic acids is 1. The first kappa shape index (κ1) is 13.4. The summed E-state index contributed by atoms with van der Waals surface area (Å²) in [5.41, 5.74) is 0.187. The number of carbonyl (C=O) groups is 1. The van der Waals surface area contributed by atoms with Gasteiger partial charge in [0, 0.05) is 17.1 Å². The van der Waals surface area contributed by atoms with Crippen LogP contribution >= 0.6 is 15.9 Å². The lowest BCUT2D eigenvalue weighted by atomic mass is 10.2. The van der Waals surface area contributed by atoms with Crippen LogP contribution in [0.5, 0.6) is 5.75 Å². The zero-order valence-corrected chi connectivity index (χ0v) is 11.8. The van der Waals surface area contributed by atoms with Crippen molar-refractivity contribution in [1.82, 2.24) is 4.90 Å². The SMILES string of the molecule is CN(CCOc1cccc(Br)c1C(=O)O)C1CC1. The van der Waals surface area contributed by atoms with Gasteiger partial charge in [-0.1, -0.05) is 6.07 Å². The molecule has 1 aromatic carbocycles. The van der Waals surface area contributed by atoms with E-state index >= 15 is 0 Å². The van der Waals surface area contributed by atoms with Crippen molar-refractivity contribution < 1.29 is 14.6 Å². The third-order valence-electron chi connectivity index (χ3n) is 3.06. The van der Waals surface area contributed by atoms with Gasteiger partial charge in [0.1, 0.15) is 17.9 Å². The monoisotopic (exact) mass is 313 g/mol. The summed E-state index contributed by atoms with van der Waals surface area (Å²) in [7, 11) is 2.07. The number of halogens is 1. The first-order chi connectivity index (χ1) is 8.59. The first-order valence-electron chi connectivity index (χ1n) is 5.94. The zero-order chi connectivity index (χ0) is 13.1. The Hall–Kier alpha value is -1.07. The van der Waals surface area contributed by atoms with Crippen molar-refractivity contribution in [2.24, 2.45) is 0 Å². The van der Waals surface area contributed by atoms with Gasteiger partial charge in [0.05, 0.1) is 0 Å². The number of carboxylic acid groups (broad SMARTS) is 1. The Kier molecular flexibility index (Phi) is 4.24. The molecular formula is C13H16BrNO3. The van der Waals surface area contributed by atoms with Crippen molar-refractivity contribution in [3.05, 3.63) is 28.2 Å². The van der Waals surface area contributed by atoms with Gasteiger partial charge in [-0.25, -0.2) is 4.79 Å². The number of nitrogens with zero attached hydrogens (tertiary/aromatic N) is 1. The number of hydrogen-bond acceptors (Lipinski definition) is 3. The fourth-order valence-electron chi connectivity index (χ4n) is 1.83. The van der Waals surface area contributed by atoms with Gasteiger partial charge in [-0.2, -0.15) is 0 Å². The Labute approximate surface area is 115 Å². The number of rotatable bonds is 6. The van der Waals surface area contributed by atoms with Gasteiger partial charge >= 0.3 is 5.97 Å². The highest BCUT2D eigenvalue weighted by atomic mass is 79.9. The zero-order valence-electron chi connectivity index (χ0n) is 10.2. The highest BCUT2D eigenvalue weighted by molar-refractivity contribution is 9.10. The van der Waals surface area contributed by atoms with E-state index in [4.69, 9.17) is 9.84 Å². The molecule has 2 rings (SSSR count). The Morgan fingerprint density at radius 1 is 1.56 bits per heavy atom. The molecule has 0 heterocycles. The second-order valence-corrected chi connectivity index (χ2v) is 5.33. The van der Waals surface area contributed by atoms with Crippen molar-refractivity contribution in [1.29, 1.82) is 0 Å². The Morgan fingerprint density at radius 3 is 2.89 bits per heavy atom. The quantitative estimate of drug-likeness (QED) is 0.877. The van der Waals surface area contributed by atoms with Gasteiger partial charge in [-0.05, 0) is 48.0 Å². The van der Waals surface area contributed by atoms with Crippen LogP contribution < -0.4 is 4.74 Å². The molecular weight excluding hydrogens is 298 g/mol. The highest BCUT2D eigenvalue weighted by Gasteiger charge is 2.25. The maximum atomic E-state index is 11.1. The average molecular weight is 314 g/mol. The van der Waals surface area contributed by atoms with Gasteiger partial charge in [0.2, 0.25) is 0 Å². The van der Waals surface area contributed by atoms with Crippen molar-refractivity contribution in [2.75, 3.05) is 20.2 Å². The number of likely N-dealkylation sites (N-methyl/N-ethyl adjacent to an activating group) is 1.